The number of anilines is 1. The molecule has 9 nitrogen and oxygen atoms in total. The minimum absolute atomic E-state index is 0.00786. The fourth-order valence-electron chi connectivity index (χ4n) is 4.19. The third-order valence-electron chi connectivity index (χ3n) is 5.80. The number of aliphatic imine (C=N–C) groups is 1. The molecule has 2 aromatic rings. The van der Waals surface area contributed by atoms with E-state index >= 15 is 0 Å². The van der Waals surface area contributed by atoms with E-state index in [0.29, 0.717) is 44.4 Å². The number of methoxy groups -OCH3 is 4. The summed E-state index contributed by atoms with van der Waals surface area (Å²) in [6.45, 7) is 0. The van der Waals surface area contributed by atoms with E-state index in [1.54, 1.807) is 35.2 Å². The largest absolute Gasteiger partial charge is 0.495 e. The molecule has 0 saturated carbocycles. The lowest BCUT2D eigenvalue weighted by Gasteiger charge is -2.27. The first kappa shape index (κ1) is 25.5. The number of halogens is 1. The highest BCUT2D eigenvalue weighted by molar-refractivity contribution is 8.16. The highest BCUT2D eigenvalue weighted by Crippen LogP contribution is 2.46. The van der Waals surface area contributed by atoms with Crippen LogP contribution in [0.15, 0.2) is 35.3 Å². The molecule has 35 heavy (non-hydrogen) atoms. The van der Waals surface area contributed by atoms with Gasteiger partial charge < -0.3 is 23.8 Å². The second-order valence-corrected chi connectivity index (χ2v) is 11.8. The monoisotopic (exact) mass is 540 g/mol. The van der Waals surface area contributed by atoms with Gasteiger partial charge in [-0.1, -0.05) is 29.4 Å². The summed E-state index contributed by atoms with van der Waals surface area (Å²) in [6.07, 6.45) is 0.0341. The molecule has 2 saturated heterocycles. The Hall–Kier alpha value is -2.63. The van der Waals surface area contributed by atoms with E-state index in [1.807, 2.05) is 0 Å². The molecule has 2 atom stereocenters. The zero-order chi connectivity index (χ0) is 25.3. The van der Waals surface area contributed by atoms with Crippen LogP contribution in [0.3, 0.4) is 0 Å². The van der Waals surface area contributed by atoms with Gasteiger partial charge in [-0.25, -0.2) is 8.42 Å². The number of thioether (sulfide) groups is 1. The van der Waals surface area contributed by atoms with Gasteiger partial charge in [-0.05, 0) is 23.8 Å². The van der Waals surface area contributed by atoms with Crippen molar-refractivity contribution in [1.82, 2.24) is 0 Å². The van der Waals surface area contributed by atoms with Gasteiger partial charge in [0.15, 0.2) is 26.5 Å². The number of sulfone groups is 1. The number of ether oxygens (including phenoxy) is 4. The lowest BCUT2D eigenvalue weighted by atomic mass is 10.1. The van der Waals surface area contributed by atoms with Crippen LogP contribution in [0.5, 0.6) is 23.0 Å². The molecule has 0 unspecified atom stereocenters. The summed E-state index contributed by atoms with van der Waals surface area (Å²) in [7, 11) is 2.82. The Balaban J connectivity index is 1.70. The Morgan fingerprint density at radius 3 is 2.34 bits per heavy atom. The standard InChI is InChI=1S/C23H25ClN2O7S2/c1-30-17-6-5-13(7-20(17)33-4)8-22(27)25-23-26(16-11-35(28,29)12-21(16)34-23)15-9-14(24)18(31-2)10-19(15)32-3/h5-7,9-10,16,21H,8,11-12H2,1-4H3/t16-,21-/m0/s1. The van der Waals surface area contributed by atoms with Crippen LogP contribution in [-0.2, 0) is 21.1 Å². The van der Waals surface area contributed by atoms with Crippen LogP contribution < -0.4 is 23.8 Å². The van der Waals surface area contributed by atoms with Crippen LogP contribution in [0, 0.1) is 0 Å². The Bertz CT molecular complexity index is 1280. The van der Waals surface area contributed by atoms with E-state index in [-0.39, 0.29) is 29.1 Å². The number of hydrogen-bond acceptors (Lipinski definition) is 8. The minimum Gasteiger partial charge on any atom is -0.495 e. The van der Waals surface area contributed by atoms with E-state index < -0.39 is 15.9 Å². The topological polar surface area (TPSA) is 104 Å². The second kappa shape index (κ2) is 10.2. The Kier molecular flexibility index (Phi) is 7.39. The minimum atomic E-state index is -3.23. The smallest absolute Gasteiger partial charge is 0.252 e. The van der Waals surface area contributed by atoms with Crippen molar-refractivity contribution in [1.29, 1.82) is 0 Å². The summed E-state index contributed by atoms with van der Waals surface area (Å²) >= 11 is 7.66. The van der Waals surface area contributed by atoms with Crippen molar-refractivity contribution in [3.8, 4) is 23.0 Å². The zero-order valence-corrected chi connectivity index (χ0v) is 22.0. The number of amides is 1. The summed E-state index contributed by atoms with van der Waals surface area (Å²) in [5.41, 5.74) is 1.23. The van der Waals surface area contributed by atoms with Crippen LogP contribution in [0.1, 0.15) is 5.56 Å². The molecule has 0 N–H and O–H groups in total. The molecule has 4 rings (SSSR count). The van der Waals surface area contributed by atoms with Gasteiger partial charge in [0.1, 0.15) is 11.5 Å². The van der Waals surface area contributed by atoms with Crippen LogP contribution in [-0.4, -0.2) is 70.7 Å². The Labute approximate surface area is 213 Å². The SMILES string of the molecule is COc1cc(OC)c(N2C(=NC(=O)Cc3ccc(OC)c(OC)c3)S[C@H]3CS(=O)(=O)C[C@@H]32)cc1Cl. The molecule has 2 fully saturated rings. The van der Waals surface area contributed by atoms with E-state index in [4.69, 9.17) is 30.5 Å². The molecular weight excluding hydrogens is 516 g/mol. The maximum absolute atomic E-state index is 13.0. The Morgan fingerprint density at radius 1 is 1.00 bits per heavy atom. The first-order valence-electron chi connectivity index (χ1n) is 10.6. The predicted molar refractivity (Wildman–Crippen MR) is 137 cm³/mol. The maximum atomic E-state index is 13.0. The fraction of sp³-hybridized carbons (Fsp3) is 0.391. The first-order chi connectivity index (χ1) is 16.7. The molecule has 0 aliphatic carbocycles. The quantitative estimate of drug-likeness (QED) is 0.523. The van der Waals surface area contributed by atoms with Crippen LogP contribution in [0.25, 0.3) is 0 Å². The lowest BCUT2D eigenvalue weighted by molar-refractivity contribution is -0.117. The van der Waals surface area contributed by atoms with Crippen molar-refractivity contribution in [3.05, 3.63) is 40.9 Å². The number of carbonyl (C=O) groups excluding carboxylic acids is 1. The number of nitrogens with zero attached hydrogens (tertiary/aromatic N) is 2. The van der Waals surface area contributed by atoms with Crippen molar-refractivity contribution < 1.29 is 32.2 Å². The third-order valence-corrected chi connectivity index (χ3v) is 9.31. The summed E-state index contributed by atoms with van der Waals surface area (Å²) in [5.74, 6) is 1.49. The number of hydrogen-bond donors (Lipinski definition) is 0. The second-order valence-electron chi connectivity index (χ2n) is 7.98. The van der Waals surface area contributed by atoms with E-state index in [2.05, 4.69) is 4.99 Å². The van der Waals surface area contributed by atoms with Gasteiger partial charge >= 0.3 is 0 Å². The average molecular weight is 541 g/mol. The van der Waals surface area contributed by atoms with E-state index in [0.717, 1.165) is 0 Å². The van der Waals surface area contributed by atoms with Crippen LogP contribution >= 0.6 is 23.4 Å². The summed E-state index contributed by atoms with van der Waals surface area (Å²) in [4.78, 5) is 19.1. The Morgan fingerprint density at radius 2 is 1.69 bits per heavy atom. The molecule has 12 heteroatoms. The average Bonchev–Trinajstić information content (AvgIpc) is 3.28. The van der Waals surface area contributed by atoms with Gasteiger partial charge in [0.25, 0.3) is 5.91 Å². The van der Waals surface area contributed by atoms with Crippen molar-refractivity contribution in [2.24, 2.45) is 4.99 Å². The van der Waals surface area contributed by atoms with Gasteiger partial charge in [0, 0.05) is 11.3 Å². The van der Waals surface area contributed by atoms with Gasteiger partial charge in [0.2, 0.25) is 0 Å². The lowest BCUT2D eigenvalue weighted by Crippen LogP contribution is -2.38. The van der Waals surface area contributed by atoms with Gasteiger partial charge in [-0.3, -0.25) is 4.79 Å². The van der Waals surface area contributed by atoms with Crippen molar-refractivity contribution in [3.63, 3.8) is 0 Å². The number of fused-ring (bicyclic) bond motifs is 1. The summed E-state index contributed by atoms with van der Waals surface area (Å²) in [6, 6.07) is 8.08. The predicted octanol–water partition coefficient (Wildman–Crippen LogP) is 3.22. The summed E-state index contributed by atoms with van der Waals surface area (Å²) in [5, 5.41) is 0.465. The molecule has 0 radical (unpaired) electrons. The number of amidine groups is 1. The van der Waals surface area contributed by atoms with E-state index in [9.17, 15) is 13.2 Å². The number of benzene rings is 2. The van der Waals surface area contributed by atoms with Crippen LogP contribution in [0.4, 0.5) is 5.69 Å². The molecule has 0 bridgehead atoms. The summed E-state index contributed by atoms with van der Waals surface area (Å²) < 4.78 is 46.1. The van der Waals surface area contributed by atoms with Crippen LogP contribution in [0.2, 0.25) is 5.02 Å². The third kappa shape index (κ3) is 5.17. The highest BCUT2D eigenvalue weighted by atomic mass is 35.5. The van der Waals surface area contributed by atoms with Gasteiger partial charge in [0.05, 0.1) is 63.1 Å². The normalized spacial score (nSPS) is 21.6. The molecule has 188 valence electrons. The first-order valence-corrected chi connectivity index (χ1v) is 13.7. The van der Waals surface area contributed by atoms with Gasteiger partial charge in [-0.15, -0.1) is 0 Å². The zero-order valence-electron chi connectivity index (χ0n) is 19.6. The van der Waals surface area contributed by atoms with Crippen molar-refractivity contribution in [2.75, 3.05) is 44.8 Å². The van der Waals surface area contributed by atoms with E-state index in [1.165, 1.54) is 40.2 Å². The molecule has 2 aromatic carbocycles. The molecule has 0 aromatic heterocycles. The molecule has 2 aliphatic rings. The molecular formula is C23H25ClN2O7S2. The number of carbonyl (C=O) groups is 1. The molecule has 2 aliphatic heterocycles. The number of rotatable bonds is 7. The molecule has 2 heterocycles. The highest BCUT2D eigenvalue weighted by Gasteiger charge is 2.50. The van der Waals surface area contributed by atoms with Crippen molar-refractivity contribution in [2.45, 2.75) is 17.7 Å². The fourth-order valence-corrected chi connectivity index (χ4v) is 8.35. The molecule has 0 spiro atoms. The van der Waals surface area contributed by atoms with Gasteiger partial charge in [-0.2, -0.15) is 4.99 Å². The van der Waals surface area contributed by atoms with Crippen molar-refractivity contribution >= 4 is 50.0 Å². The maximum Gasteiger partial charge on any atom is 0.252 e. The molecule has 1 amide bonds.